The van der Waals surface area contributed by atoms with Crippen LogP contribution in [0.1, 0.15) is 17.4 Å². The maximum absolute atomic E-state index is 10.7. The molecule has 3 N–H and O–H groups in total. The molecule has 0 aliphatic rings. The van der Waals surface area contributed by atoms with E-state index in [4.69, 9.17) is 16.1 Å². The van der Waals surface area contributed by atoms with Crippen LogP contribution in [0.5, 0.6) is 0 Å². The van der Waals surface area contributed by atoms with Gasteiger partial charge in [0.05, 0.1) is 0 Å². The molecule has 1 aromatic rings. The number of nitrogens with zero attached hydrogens (tertiary/aromatic N) is 1. The quantitative estimate of drug-likeness (QED) is 0.778. The maximum Gasteiger partial charge on any atom is 0.323 e. The van der Waals surface area contributed by atoms with Gasteiger partial charge in [-0.1, -0.05) is 0 Å². The molecule has 0 aromatic carbocycles. The lowest BCUT2D eigenvalue weighted by Gasteiger charge is -2.17. The van der Waals surface area contributed by atoms with Gasteiger partial charge in [0.25, 0.3) is 0 Å². The van der Waals surface area contributed by atoms with Crippen LogP contribution in [-0.2, 0) is 11.2 Å². The predicted molar refractivity (Wildman–Crippen MR) is 53.0 cm³/mol. The molecule has 0 fully saturated rings. The van der Waals surface area contributed by atoms with Crippen LogP contribution < -0.4 is 5.73 Å². The molecule has 0 saturated heterocycles. The number of carboxylic acid groups (broad SMARTS) is 1. The van der Waals surface area contributed by atoms with Crippen LogP contribution in [0.25, 0.3) is 0 Å². The largest absolute Gasteiger partial charge is 0.480 e. The molecule has 1 aromatic heterocycles. The molecule has 5 heteroatoms. The molecule has 74 valence electrons. The standard InChI is InChI=1S/C9H10N2O2S/c1-9(11,8(12)13)3-6-2-7(4-10)14-5-6/h2,5H,3,11H2,1H3,(H,12,13). The lowest BCUT2D eigenvalue weighted by molar-refractivity contribution is -0.142. The fourth-order valence-corrected chi connectivity index (χ4v) is 1.73. The van der Waals surface area contributed by atoms with Crippen molar-refractivity contribution in [1.29, 1.82) is 5.26 Å². The van der Waals surface area contributed by atoms with Gasteiger partial charge in [0.15, 0.2) is 0 Å². The Hall–Kier alpha value is -1.38. The summed E-state index contributed by atoms with van der Waals surface area (Å²) in [7, 11) is 0. The topological polar surface area (TPSA) is 87.1 Å². The number of carbonyl (C=O) groups is 1. The van der Waals surface area contributed by atoms with Gasteiger partial charge < -0.3 is 10.8 Å². The van der Waals surface area contributed by atoms with Crippen molar-refractivity contribution >= 4 is 17.3 Å². The molecule has 0 bridgehead atoms. The zero-order valence-electron chi connectivity index (χ0n) is 7.65. The van der Waals surface area contributed by atoms with Crippen molar-refractivity contribution in [3.05, 3.63) is 21.9 Å². The maximum atomic E-state index is 10.7. The summed E-state index contributed by atoms with van der Waals surface area (Å²) < 4.78 is 0. The first-order valence-corrected chi connectivity index (χ1v) is 4.83. The summed E-state index contributed by atoms with van der Waals surface area (Å²) in [6, 6.07) is 3.66. The van der Waals surface area contributed by atoms with Crippen LogP contribution in [0.15, 0.2) is 11.4 Å². The van der Waals surface area contributed by atoms with E-state index in [1.54, 1.807) is 11.4 Å². The highest BCUT2D eigenvalue weighted by Crippen LogP contribution is 2.18. The summed E-state index contributed by atoms with van der Waals surface area (Å²) in [5.41, 5.74) is 5.09. The molecule has 1 unspecified atom stereocenters. The number of nitrogens with two attached hydrogens (primary N) is 1. The van der Waals surface area contributed by atoms with E-state index in [1.807, 2.05) is 6.07 Å². The Morgan fingerprint density at radius 1 is 1.86 bits per heavy atom. The van der Waals surface area contributed by atoms with Gasteiger partial charge >= 0.3 is 5.97 Å². The molecule has 1 heterocycles. The fraction of sp³-hybridized carbons (Fsp3) is 0.333. The van der Waals surface area contributed by atoms with Crippen LogP contribution in [-0.4, -0.2) is 16.6 Å². The van der Waals surface area contributed by atoms with Gasteiger partial charge in [-0.25, -0.2) is 0 Å². The van der Waals surface area contributed by atoms with Gasteiger partial charge in [-0.3, -0.25) is 4.79 Å². The van der Waals surface area contributed by atoms with E-state index in [0.29, 0.717) is 4.88 Å². The van der Waals surface area contributed by atoms with E-state index in [0.717, 1.165) is 5.56 Å². The average molecular weight is 210 g/mol. The van der Waals surface area contributed by atoms with Crippen LogP contribution >= 0.6 is 11.3 Å². The second-order valence-corrected chi connectivity index (χ2v) is 4.24. The number of aliphatic carboxylic acids is 1. The van der Waals surface area contributed by atoms with Crippen LogP contribution in [0.4, 0.5) is 0 Å². The van der Waals surface area contributed by atoms with E-state index in [9.17, 15) is 4.79 Å². The number of hydrogen-bond donors (Lipinski definition) is 2. The summed E-state index contributed by atoms with van der Waals surface area (Å²) in [5, 5.41) is 19.1. The molecule has 0 radical (unpaired) electrons. The zero-order chi connectivity index (χ0) is 10.8. The number of hydrogen-bond acceptors (Lipinski definition) is 4. The molecular weight excluding hydrogens is 200 g/mol. The van der Waals surface area contributed by atoms with Gasteiger partial charge in [-0.2, -0.15) is 5.26 Å². The average Bonchev–Trinajstić information content (AvgIpc) is 2.51. The first-order valence-electron chi connectivity index (χ1n) is 3.95. The minimum atomic E-state index is -1.27. The van der Waals surface area contributed by atoms with Gasteiger partial charge in [-0.05, 0) is 23.9 Å². The molecule has 0 aliphatic carbocycles. The van der Waals surface area contributed by atoms with E-state index in [2.05, 4.69) is 0 Å². The second kappa shape index (κ2) is 3.78. The Morgan fingerprint density at radius 2 is 2.50 bits per heavy atom. The lowest BCUT2D eigenvalue weighted by atomic mass is 9.96. The normalized spacial score (nSPS) is 14.4. The molecule has 1 rings (SSSR count). The molecule has 1 atom stereocenters. The molecular formula is C9H10N2O2S. The van der Waals surface area contributed by atoms with Crippen molar-refractivity contribution in [3.63, 3.8) is 0 Å². The van der Waals surface area contributed by atoms with Crippen molar-refractivity contribution in [2.24, 2.45) is 5.73 Å². The SMILES string of the molecule is CC(N)(Cc1csc(C#N)c1)C(=O)O. The number of thiophene rings is 1. The van der Waals surface area contributed by atoms with Crippen molar-refractivity contribution in [3.8, 4) is 6.07 Å². The third-order valence-corrected chi connectivity index (χ3v) is 2.71. The Morgan fingerprint density at radius 3 is 2.93 bits per heavy atom. The van der Waals surface area contributed by atoms with Gasteiger partial charge in [-0.15, -0.1) is 11.3 Å². The first kappa shape index (κ1) is 10.7. The molecule has 0 saturated carbocycles. The monoisotopic (exact) mass is 210 g/mol. The molecule has 14 heavy (non-hydrogen) atoms. The van der Waals surface area contributed by atoms with Crippen molar-refractivity contribution in [2.45, 2.75) is 18.9 Å². The molecule has 0 aliphatic heterocycles. The minimum absolute atomic E-state index is 0.237. The third-order valence-electron chi connectivity index (χ3n) is 1.82. The lowest BCUT2D eigenvalue weighted by Crippen LogP contribution is -2.46. The fourth-order valence-electron chi connectivity index (χ4n) is 1.03. The highest BCUT2D eigenvalue weighted by atomic mass is 32.1. The number of rotatable bonds is 3. The Labute approximate surface area is 85.6 Å². The van der Waals surface area contributed by atoms with E-state index < -0.39 is 11.5 Å². The molecule has 4 nitrogen and oxygen atoms in total. The summed E-state index contributed by atoms with van der Waals surface area (Å²) in [4.78, 5) is 11.3. The highest BCUT2D eigenvalue weighted by molar-refractivity contribution is 7.10. The van der Waals surface area contributed by atoms with Crippen molar-refractivity contribution in [1.82, 2.24) is 0 Å². The number of nitriles is 1. The summed E-state index contributed by atoms with van der Waals surface area (Å²) in [6.07, 6.45) is 0.237. The van der Waals surface area contributed by atoms with Gasteiger partial charge in [0, 0.05) is 6.42 Å². The summed E-state index contributed by atoms with van der Waals surface area (Å²) in [6.45, 7) is 1.46. The Bertz CT molecular complexity index is 390. The Kier molecular flexibility index (Phi) is 2.89. The van der Waals surface area contributed by atoms with Crippen LogP contribution in [0.2, 0.25) is 0 Å². The van der Waals surface area contributed by atoms with E-state index >= 15 is 0 Å². The number of carboxylic acids is 1. The minimum Gasteiger partial charge on any atom is -0.480 e. The summed E-state index contributed by atoms with van der Waals surface area (Å²) >= 11 is 1.29. The van der Waals surface area contributed by atoms with Crippen LogP contribution in [0.3, 0.4) is 0 Å². The third kappa shape index (κ3) is 2.31. The highest BCUT2D eigenvalue weighted by Gasteiger charge is 2.28. The predicted octanol–water partition coefficient (Wildman–Crippen LogP) is 0.964. The van der Waals surface area contributed by atoms with Crippen LogP contribution in [0, 0.1) is 11.3 Å². The summed E-state index contributed by atoms with van der Waals surface area (Å²) in [5.74, 6) is -1.04. The smallest absolute Gasteiger partial charge is 0.323 e. The van der Waals surface area contributed by atoms with Gasteiger partial charge in [0.2, 0.25) is 0 Å². The molecule has 0 amide bonds. The van der Waals surface area contributed by atoms with Crippen molar-refractivity contribution < 1.29 is 9.90 Å². The Balaban J connectivity index is 2.79. The second-order valence-electron chi connectivity index (χ2n) is 3.33. The zero-order valence-corrected chi connectivity index (χ0v) is 8.47. The van der Waals surface area contributed by atoms with Gasteiger partial charge in [0.1, 0.15) is 16.5 Å². The van der Waals surface area contributed by atoms with E-state index in [-0.39, 0.29) is 6.42 Å². The van der Waals surface area contributed by atoms with Crippen molar-refractivity contribution in [2.75, 3.05) is 0 Å². The van der Waals surface area contributed by atoms with E-state index in [1.165, 1.54) is 18.3 Å². The molecule has 0 spiro atoms. The first-order chi connectivity index (χ1) is 6.45.